The van der Waals surface area contributed by atoms with Crippen LogP contribution in [0.2, 0.25) is 0 Å². The maximum atomic E-state index is 11.5. The summed E-state index contributed by atoms with van der Waals surface area (Å²) in [6, 6.07) is 1.29. The molecule has 7 nitrogen and oxygen atoms in total. The maximum Gasteiger partial charge on any atom is 0.315 e. The molecule has 2 amide bonds. The monoisotopic (exact) mass is 269 g/mol. The number of carboxylic acids is 1. The average molecular weight is 269 g/mol. The molecule has 0 aliphatic carbocycles. The highest BCUT2D eigenvalue weighted by Crippen LogP contribution is 2.09. The molecular formula is C12H19N3O4. The van der Waals surface area contributed by atoms with Crippen molar-refractivity contribution in [2.75, 3.05) is 6.54 Å². The first kappa shape index (κ1) is 15.0. The first-order valence-electron chi connectivity index (χ1n) is 6.07. The lowest BCUT2D eigenvalue weighted by Crippen LogP contribution is -2.41. The number of carboxylic acid groups (broad SMARTS) is 1. The number of carbonyl (C=O) groups excluding carboxylic acids is 1. The number of rotatable bonds is 6. The Bertz CT molecular complexity index is 442. The molecule has 7 heteroatoms. The summed E-state index contributed by atoms with van der Waals surface area (Å²) < 4.78 is 4.86. The highest BCUT2D eigenvalue weighted by Gasteiger charge is 2.21. The number of amides is 2. The van der Waals surface area contributed by atoms with Crippen LogP contribution in [0.25, 0.3) is 0 Å². The minimum atomic E-state index is -0.914. The van der Waals surface area contributed by atoms with Crippen LogP contribution in [0.3, 0.4) is 0 Å². The van der Waals surface area contributed by atoms with Gasteiger partial charge in [0.2, 0.25) is 0 Å². The van der Waals surface area contributed by atoms with Crippen molar-refractivity contribution in [2.45, 2.75) is 27.3 Å². The van der Waals surface area contributed by atoms with E-state index in [1.165, 1.54) is 0 Å². The first-order valence-corrected chi connectivity index (χ1v) is 6.07. The van der Waals surface area contributed by atoms with Crippen LogP contribution in [0, 0.1) is 18.8 Å². The van der Waals surface area contributed by atoms with Gasteiger partial charge in [-0.25, -0.2) is 4.79 Å². The van der Waals surface area contributed by atoms with Crippen LogP contribution in [0.5, 0.6) is 0 Å². The van der Waals surface area contributed by atoms with Crippen molar-refractivity contribution in [3.8, 4) is 0 Å². The topological polar surface area (TPSA) is 104 Å². The molecule has 3 N–H and O–H groups in total. The minimum absolute atomic E-state index is 0.0454. The van der Waals surface area contributed by atoms with Gasteiger partial charge in [-0.3, -0.25) is 4.79 Å². The lowest BCUT2D eigenvalue weighted by atomic mass is 9.96. The number of nitrogens with zero attached hydrogens (tertiary/aromatic N) is 1. The summed E-state index contributed by atoms with van der Waals surface area (Å²) in [7, 11) is 0. The van der Waals surface area contributed by atoms with Gasteiger partial charge in [0, 0.05) is 12.6 Å². The second-order valence-electron chi connectivity index (χ2n) is 4.68. The van der Waals surface area contributed by atoms with Gasteiger partial charge in [-0.15, -0.1) is 0 Å². The summed E-state index contributed by atoms with van der Waals surface area (Å²) in [4.78, 5) is 22.4. The van der Waals surface area contributed by atoms with Crippen LogP contribution < -0.4 is 10.6 Å². The molecule has 1 atom stereocenters. The Balaban J connectivity index is 2.33. The molecule has 0 radical (unpaired) electrons. The normalized spacial score (nSPS) is 12.2. The Morgan fingerprint density at radius 2 is 2.11 bits per heavy atom. The van der Waals surface area contributed by atoms with Crippen LogP contribution in [0.4, 0.5) is 4.79 Å². The predicted molar refractivity (Wildman–Crippen MR) is 67.4 cm³/mol. The van der Waals surface area contributed by atoms with Gasteiger partial charge in [-0.05, 0) is 12.8 Å². The van der Waals surface area contributed by atoms with Crippen LogP contribution >= 0.6 is 0 Å². The number of aryl methyl sites for hydroxylation is 1. The molecule has 1 rings (SSSR count). The Kier molecular flexibility index (Phi) is 5.35. The molecule has 19 heavy (non-hydrogen) atoms. The van der Waals surface area contributed by atoms with Gasteiger partial charge >= 0.3 is 12.0 Å². The number of urea groups is 1. The molecule has 1 unspecified atom stereocenters. The Hall–Kier alpha value is -2.05. The molecule has 0 saturated heterocycles. The van der Waals surface area contributed by atoms with Gasteiger partial charge in [0.1, 0.15) is 11.5 Å². The van der Waals surface area contributed by atoms with Crippen LogP contribution in [-0.2, 0) is 11.3 Å². The third-order valence-corrected chi connectivity index (χ3v) is 2.71. The third-order valence-electron chi connectivity index (χ3n) is 2.71. The fraction of sp³-hybridized carbons (Fsp3) is 0.583. The minimum Gasteiger partial charge on any atom is -0.481 e. The highest BCUT2D eigenvalue weighted by molar-refractivity contribution is 5.75. The van der Waals surface area contributed by atoms with Crippen molar-refractivity contribution in [1.82, 2.24) is 15.8 Å². The van der Waals surface area contributed by atoms with Gasteiger partial charge in [0.25, 0.3) is 0 Å². The number of carbonyl (C=O) groups is 2. The Morgan fingerprint density at radius 3 is 2.58 bits per heavy atom. The molecule has 0 saturated carbocycles. The lowest BCUT2D eigenvalue weighted by Gasteiger charge is -2.16. The van der Waals surface area contributed by atoms with E-state index in [1.54, 1.807) is 26.8 Å². The summed E-state index contributed by atoms with van der Waals surface area (Å²) in [5.74, 6) is -0.888. The van der Waals surface area contributed by atoms with Crippen LogP contribution in [0.1, 0.15) is 25.3 Å². The van der Waals surface area contributed by atoms with Gasteiger partial charge in [0.05, 0.1) is 12.5 Å². The predicted octanol–water partition coefficient (Wildman–Crippen LogP) is 1.14. The lowest BCUT2D eigenvalue weighted by molar-refractivity contribution is -0.142. The van der Waals surface area contributed by atoms with E-state index in [0.717, 1.165) is 0 Å². The zero-order chi connectivity index (χ0) is 14.4. The van der Waals surface area contributed by atoms with Gasteiger partial charge < -0.3 is 20.3 Å². The standard InChI is InChI=1S/C12H19N3O4/c1-7(2)10(11(16)17)6-14-12(18)13-5-9-4-8(3)19-15-9/h4,7,10H,5-6H2,1-3H3,(H,16,17)(H2,13,14,18). The van der Waals surface area contributed by atoms with E-state index in [4.69, 9.17) is 9.63 Å². The molecule has 0 fully saturated rings. The third kappa shape index (κ3) is 4.99. The molecule has 0 aromatic carbocycles. The van der Waals surface area contributed by atoms with Crippen molar-refractivity contribution >= 4 is 12.0 Å². The zero-order valence-corrected chi connectivity index (χ0v) is 11.3. The maximum absolute atomic E-state index is 11.5. The summed E-state index contributed by atoms with van der Waals surface area (Å²) in [6.07, 6.45) is 0. The van der Waals surface area contributed by atoms with Gasteiger partial charge in [-0.1, -0.05) is 19.0 Å². The van der Waals surface area contributed by atoms with Crippen LogP contribution in [-0.4, -0.2) is 28.8 Å². The summed E-state index contributed by atoms with van der Waals surface area (Å²) in [5.41, 5.74) is 0.617. The van der Waals surface area contributed by atoms with Gasteiger partial charge in [-0.2, -0.15) is 0 Å². The van der Waals surface area contributed by atoms with Gasteiger partial charge in [0.15, 0.2) is 0 Å². The summed E-state index contributed by atoms with van der Waals surface area (Å²) in [5, 5.41) is 17.8. The molecule has 0 aliphatic heterocycles. The molecule has 106 valence electrons. The fourth-order valence-electron chi connectivity index (χ4n) is 1.55. The smallest absolute Gasteiger partial charge is 0.315 e. The fourth-order valence-corrected chi connectivity index (χ4v) is 1.55. The van der Waals surface area contributed by atoms with E-state index < -0.39 is 17.9 Å². The quantitative estimate of drug-likeness (QED) is 0.718. The van der Waals surface area contributed by atoms with Crippen molar-refractivity contribution in [3.63, 3.8) is 0 Å². The van der Waals surface area contributed by atoms with Crippen molar-refractivity contribution < 1.29 is 19.2 Å². The summed E-state index contributed by atoms with van der Waals surface area (Å²) in [6.45, 7) is 5.70. The van der Waals surface area contributed by atoms with E-state index in [1.807, 2.05) is 0 Å². The van der Waals surface area contributed by atoms with E-state index in [0.29, 0.717) is 11.5 Å². The largest absolute Gasteiger partial charge is 0.481 e. The Morgan fingerprint density at radius 1 is 1.42 bits per heavy atom. The van der Waals surface area contributed by atoms with E-state index in [2.05, 4.69) is 15.8 Å². The molecule has 0 aliphatic rings. The zero-order valence-electron chi connectivity index (χ0n) is 11.3. The number of nitrogens with one attached hydrogen (secondary N) is 2. The molecular weight excluding hydrogens is 250 g/mol. The SMILES string of the molecule is Cc1cc(CNC(=O)NCC(C(=O)O)C(C)C)no1. The summed E-state index contributed by atoms with van der Waals surface area (Å²) >= 11 is 0. The van der Waals surface area contributed by atoms with Crippen LogP contribution in [0.15, 0.2) is 10.6 Å². The molecule has 1 aromatic rings. The molecule has 0 spiro atoms. The van der Waals surface area contributed by atoms with Crippen molar-refractivity contribution in [3.05, 3.63) is 17.5 Å². The first-order chi connectivity index (χ1) is 8.90. The second kappa shape index (κ2) is 6.77. The van der Waals surface area contributed by atoms with Crippen molar-refractivity contribution in [2.24, 2.45) is 11.8 Å². The second-order valence-corrected chi connectivity index (χ2v) is 4.68. The Labute approximate surface area is 111 Å². The van der Waals surface area contributed by atoms with E-state index >= 15 is 0 Å². The molecule has 1 heterocycles. The highest BCUT2D eigenvalue weighted by atomic mass is 16.5. The average Bonchev–Trinajstić information content (AvgIpc) is 2.71. The van der Waals surface area contributed by atoms with Crippen molar-refractivity contribution in [1.29, 1.82) is 0 Å². The van der Waals surface area contributed by atoms with E-state index in [9.17, 15) is 9.59 Å². The molecule has 0 bridgehead atoms. The number of hydrogen-bond donors (Lipinski definition) is 3. The number of hydrogen-bond acceptors (Lipinski definition) is 4. The number of aromatic nitrogens is 1. The number of aliphatic carboxylic acids is 1. The molecule has 1 aromatic heterocycles. The van der Waals surface area contributed by atoms with E-state index in [-0.39, 0.29) is 19.0 Å².